The minimum atomic E-state index is -0.941. The Balaban J connectivity index is 1.77. The zero-order valence-electron chi connectivity index (χ0n) is 19.4. The van der Waals surface area contributed by atoms with E-state index in [0.29, 0.717) is 22.7 Å². The van der Waals surface area contributed by atoms with Gasteiger partial charge in [0.2, 0.25) is 5.91 Å². The summed E-state index contributed by atoms with van der Waals surface area (Å²) in [5.74, 6) is 1.54. The topological polar surface area (TPSA) is 89.0 Å². The van der Waals surface area contributed by atoms with Gasteiger partial charge >= 0.3 is 0 Å². The normalized spacial score (nSPS) is 11.7. The maximum atomic E-state index is 12.9. The standard InChI is InChI=1S/C27H27N3O4/c1-5-16-34-24-15-10-19-8-6-7-9-22(19)23(24)17-28-30-27(32)25(18(2)3)26(31)29-20-11-13-21(33-4)14-12-20/h1,6-15,17-18,25H,16H2,2-4H3,(H,29,31)(H,30,32). The smallest absolute Gasteiger partial charge is 0.252 e. The van der Waals surface area contributed by atoms with Crippen LogP contribution >= 0.6 is 0 Å². The van der Waals surface area contributed by atoms with Crippen LogP contribution in [0.2, 0.25) is 0 Å². The first-order valence-corrected chi connectivity index (χ1v) is 10.8. The third-order valence-corrected chi connectivity index (χ3v) is 5.20. The monoisotopic (exact) mass is 457 g/mol. The Hall–Kier alpha value is -4.31. The van der Waals surface area contributed by atoms with Crippen molar-refractivity contribution in [3.63, 3.8) is 0 Å². The van der Waals surface area contributed by atoms with Gasteiger partial charge in [0.1, 0.15) is 24.0 Å². The van der Waals surface area contributed by atoms with Gasteiger partial charge in [-0.15, -0.1) is 6.42 Å². The number of carbonyl (C=O) groups is 2. The van der Waals surface area contributed by atoms with Gasteiger partial charge in [0.15, 0.2) is 0 Å². The molecular weight excluding hydrogens is 430 g/mol. The largest absolute Gasteiger partial charge is 0.497 e. The molecule has 0 aliphatic heterocycles. The molecule has 0 spiro atoms. The quantitative estimate of drug-likeness (QED) is 0.218. The first-order valence-electron chi connectivity index (χ1n) is 10.8. The van der Waals surface area contributed by atoms with Gasteiger partial charge in [0, 0.05) is 11.3 Å². The minimum absolute atomic E-state index is 0.104. The molecule has 7 heteroatoms. The summed E-state index contributed by atoms with van der Waals surface area (Å²) in [5, 5.41) is 8.78. The van der Waals surface area contributed by atoms with E-state index < -0.39 is 17.7 Å². The maximum absolute atomic E-state index is 12.9. The number of rotatable bonds is 9. The molecule has 1 unspecified atom stereocenters. The number of fused-ring (bicyclic) bond motifs is 1. The van der Waals surface area contributed by atoms with Crippen molar-refractivity contribution in [3.8, 4) is 23.8 Å². The number of ether oxygens (including phenoxy) is 2. The summed E-state index contributed by atoms with van der Waals surface area (Å²) in [6, 6.07) is 18.4. The Morgan fingerprint density at radius 1 is 1.06 bits per heavy atom. The van der Waals surface area contributed by atoms with Crippen molar-refractivity contribution < 1.29 is 19.1 Å². The van der Waals surface area contributed by atoms with Crippen molar-refractivity contribution in [1.82, 2.24) is 5.43 Å². The summed E-state index contributed by atoms with van der Waals surface area (Å²) in [5.41, 5.74) is 3.75. The molecule has 7 nitrogen and oxygen atoms in total. The predicted molar refractivity (Wildman–Crippen MR) is 134 cm³/mol. The number of anilines is 1. The Morgan fingerprint density at radius 2 is 1.79 bits per heavy atom. The van der Waals surface area contributed by atoms with Crippen molar-refractivity contribution >= 4 is 34.5 Å². The van der Waals surface area contributed by atoms with E-state index in [2.05, 4.69) is 21.8 Å². The summed E-state index contributed by atoms with van der Waals surface area (Å²) in [7, 11) is 1.57. The van der Waals surface area contributed by atoms with Crippen LogP contribution < -0.4 is 20.2 Å². The van der Waals surface area contributed by atoms with E-state index >= 15 is 0 Å². The van der Waals surface area contributed by atoms with Gasteiger partial charge in [-0.1, -0.05) is 50.1 Å². The summed E-state index contributed by atoms with van der Waals surface area (Å²) < 4.78 is 10.8. The fourth-order valence-electron chi connectivity index (χ4n) is 3.50. The molecule has 0 aliphatic carbocycles. The Morgan fingerprint density at radius 3 is 2.47 bits per heavy atom. The van der Waals surface area contributed by atoms with Crippen LogP contribution in [0.3, 0.4) is 0 Å². The van der Waals surface area contributed by atoms with E-state index in [1.54, 1.807) is 45.2 Å². The number of hydrogen-bond acceptors (Lipinski definition) is 5. The molecule has 0 radical (unpaired) electrons. The molecule has 0 saturated heterocycles. The van der Waals surface area contributed by atoms with Crippen molar-refractivity contribution in [3.05, 3.63) is 66.2 Å². The average Bonchev–Trinajstić information content (AvgIpc) is 2.83. The second-order valence-electron chi connectivity index (χ2n) is 7.87. The fourth-order valence-corrected chi connectivity index (χ4v) is 3.50. The van der Waals surface area contributed by atoms with E-state index in [1.807, 2.05) is 36.4 Å². The lowest BCUT2D eigenvalue weighted by molar-refractivity contribution is -0.134. The molecule has 0 bridgehead atoms. The van der Waals surface area contributed by atoms with E-state index in [1.165, 1.54) is 6.21 Å². The van der Waals surface area contributed by atoms with Crippen molar-refractivity contribution in [2.24, 2.45) is 16.9 Å². The number of nitrogens with one attached hydrogen (secondary N) is 2. The average molecular weight is 458 g/mol. The molecule has 2 N–H and O–H groups in total. The highest BCUT2D eigenvalue weighted by Crippen LogP contribution is 2.26. The number of amides is 2. The molecule has 174 valence electrons. The highest BCUT2D eigenvalue weighted by atomic mass is 16.5. The second-order valence-corrected chi connectivity index (χ2v) is 7.87. The third-order valence-electron chi connectivity index (χ3n) is 5.20. The van der Waals surface area contributed by atoms with E-state index in [-0.39, 0.29) is 12.5 Å². The van der Waals surface area contributed by atoms with Gasteiger partial charge in [0.25, 0.3) is 5.91 Å². The molecule has 0 heterocycles. The number of nitrogens with zero attached hydrogens (tertiary/aromatic N) is 1. The Labute approximate surface area is 199 Å². The van der Waals surface area contributed by atoms with Gasteiger partial charge < -0.3 is 14.8 Å². The van der Waals surface area contributed by atoms with Crippen LogP contribution in [0.4, 0.5) is 5.69 Å². The van der Waals surface area contributed by atoms with Crippen molar-refractivity contribution in [2.45, 2.75) is 13.8 Å². The molecule has 34 heavy (non-hydrogen) atoms. The van der Waals surface area contributed by atoms with Crippen LogP contribution in [0.15, 0.2) is 65.8 Å². The molecule has 0 saturated carbocycles. The molecule has 0 aromatic heterocycles. The maximum Gasteiger partial charge on any atom is 0.252 e. The van der Waals surface area contributed by atoms with Crippen LogP contribution in [0.5, 0.6) is 11.5 Å². The summed E-state index contributed by atoms with van der Waals surface area (Å²) in [4.78, 5) is 25.7. The summed E-state index contributed by atoms with van der Waals surface area (Å²) >= 11 is 0. The first kappa shape index (κ1) is 24.3. The lowest BCUT2D eigenvalue weighted by atomic mass is 9.94. The number of benzene rings is 3. The van der Waals surface area contributed by atoms with Crippen molar-refractivity contribution in [2.75, 3.05) is 19.0 Å². The van der Waals surface area contributed by atoms with Crippen LogP contribution in [-0.2, 0) is 9.59 Å². The number of methoxy groups -OCH3 is 1. The molecule has 3 aromatic carbocycles. The Kier molecular flexibility index (Phi) is 8.25. The lowest BCUT2D eigenvalue weighted by Crippen LogP contribution is -2.39. The Bertz CT molecular complexity index is 1230. The van der Waals surface area contributed by atoms with Crippen molar-refractivity contribution in [1.29, 1.82) is 0 Å². The zero-order chi connectivity index (χ0) is 24.5. The van der Waals surface area contributed by atoms with Gasteiger partial charge in [-0.3, -0.25) is 9.59 Å². The predicted octanol–water partition coefficient (Wildman–Crippen LogP) is 4.22. The lowest BCUT2D eigenvalue weighted by Gasteiger charge is -2.18. The molecule has 3 aromatic rings. The first-order chi connectivity index (χ1) is 16.4. The molecular formula is C27H27N3O4. The highest BCUT2D eigenvalue weighted by Gasteiger charge is 2.30. The van der Waals surface area contributed by atoms with Gasteiger partial charge in [-0.25, -0.2) is 5.43 Å². The van der Waals surface area contributed by atoms with Gasteiger partial charge in [0.05, 0.1) is 13.3 Å². The van der Waals surface area contributed by atoms with E-state index in [9.17, 15) is 9.59 Å². The second kappa shape index (κ2) is 11.5. The SMILES string of the molecule is C#CCOc1ccc2ccccc2c1C=NNC(=O)C(C(=O)Nc1ccc(OC)cc1)C(C)C. The number of hydrogen-bond donors (Lipinski definition) is 2. The summed E-state index contributed by atoms with van der Waals surface area (Å²) in [6.07, 6.45) is 6.83. The van der Waals surface area contributed by atoms with E-state index in [4.69, 9.17) is 15.9 Å². The van der Waals surface area contributed by atoms with Crippen LogP contribution in [0.25, 0.3) is 10.8 Å². The van der Waals surface area contributed by atoms with Gasteiger partial charge in [-0.2, -0.15) is 5.10 Å². The molecule has 0 fully saturated rings. The van der Waals surface area contributed by atoms with Gasteiger partial charge in [-0.05, 0) is 47.0 Å². The number of hydrazone groups is 1. The fraction of sp³-hybridized carbons (Fsp3) is 0.222. The number of terminal acetylenes is 1. The minimum Gasteiger partial charge on any atom is -0.497 e. The number of carbonyl (C=O) groups excluding carboxylic acids is 2. The molecule has 0 aliphatic rings. The van der Waals surface area contributed by atoms with Crippen LogP contribution in [0.1, 0.15) is 19.4 Å². The molecule has 3 rings (SSSR count). The summed E-state index contributed by atoms with van der Waals surface area (Å²) in [6.45, 7) is 3.71. The molecule has 1 atom stereocenters. The highest BCUT2D eigenvalue weighted by molar-refractivity contribution is 6.07. The third kappa shape index (κ3) is 5.93. The van der Waals surface area contributed by atoms with Crippen LogP contribution in [-0.4, -0.2) is 31.7 Å². The van der Waals surface area contributed by atoms with Crippen LogP contribution in [0, 0.1) is 24.2 Å². The molecule has 2 amide bonds. The zero-order valence-corrected chi connectivity index (χ0v) is 19.4. The van der Waals surface area contributed by atoms with E-state index in [0.717, 1.165) is 10.8 Å².